The molecule has 1 fully saturated rings. The lowest BCUT2D eigenvalue weighted by atomic mass is 10.1. The molecule has 27 heavy (non-hydrogen) atoms. The van der Waals surface area contributed by atoms with Crippen molar-refractivity contribution in [2.45, 2.75) is 25.0 Å². The largest absolute Gasteiger partial charge is 0.387 e. The normalized spacial score (nSPS) is 14.5. The van der Waals surface area contributed by atoms with Crippen molar-refractivity contribution in [2.75, 3.05) is 18.5 Å². The van der Waals surface area contributed by atoms with Gasteiger partial charge >= 0.3 is 0 Å². The van der Waals surface area contributed by atoms with Crippen molar-refractivity contribution in [3.05, 3.63) is 69.5 Å². The van der Waals surface area contributed by atoms with E-state index in [4.69, 9.17) is 0 Å². The van der Waals surface area contributed by atoms with Crippen LogP contribution >= 0.6 is 0 Å². The van der Waals surface area contributed by atoms with Gasteiger partial charge in [-0.25, -0.2) is 4.39 Å². The number of amides is 1. The summed E-state index contributed by atoms with van der Waals surface area (Å²) in [5.74, 6) is -0.740. The number of anilines is 1. The Morgan fingerprint density at radius 1 is 1.33 bits per heavy atom. The number of halogens is 1. The van der Waals surface area contributed by atoms with Crippen LogP contribution in [0.25, 0.3) is 0 Å². The standard InChI is InChI=1S/C19H20FN3O4/c1-22(11-18(24)12-2-5-14(20)6-3-12)16-9-4-13(10-17(16)23(26)27)19(25)21-15-7-8-15/h2-6,9-10,15,18,24H,7-8,11H2,1H3,(H,21,25). The number of nitro groups is 1. The quantitative estimate of drug-likeness (QED) is 0.575. The van der Waals surface area contributed by atoms with E-state index in [1.807, 2.05) is 0 Å². The number of hydrogen-bond donors (Lipinski definition) is 2. The Bertz CT molecular complexity index is 853. The molecule has 7 nitrogen and oxygen atoms in total. The fourth-order valence-electron chi connectivity index (χ4n) is 2.78. The van der Waals surface area contributed by atoms with E-state index in [2.05, 4.69) is 5.32 Å². The molecule has 0 bridgehead atoms. The van der Waals surface area contributed by atoms with Crippen LogP contribution in [0, 0.1) is 15.9 Å². The summed E-state index contributed by atoms with van der Waals surface area (Å²) in [6.07, 6.45) is 0.902. The second kappa shape index (κ2) is 7.71. The number of nitrogens with zero attached hydrogens (tertiary/aromatic N) is 2. The molecule has 1 atom stereocenters. The summed E-state index contributed by atoms with van der Waals surface area (Å²) in [6.45, 7) is 0.0695. The third-order valence-electron chi connectivity index (χ3n) is 4.46. The molecule has 8 heteroatoms. The summed E-state index contributed by atoms with van der Waals surface area (Å²) >= 11 is 0. The molecule has 1 unspecified atom stereocenters. The molecule has 1 saturated carbocycles. The van der Waals surface area contributed by atoms with E-state index in [-0.39, 0.29) is 35.4 Å². The van der Waals surface area contributed by atoms with E-state index in [9.17, 15) is 24.4 Å². The number of likely N-dealkylation sites (N-methyl/N-ethyl adjacent to an activating group) is 1. The highest BCUT2D eigenvalue weighted by Crippen LogP contribution is 2.30. The molecule has 142 valence electrons. The lowest BCUT2D eigenvalue weighted by molar-refractivity contribution is -0.384. The highest BCUT2D eigenvalue weighted by molar-refractivity contribution is 5.96. The van der Waals surface area contributed by atoms with Crippen LogP contribution in [-0.4, -0.2) is 35.6 Å². The van der Waals surface area contributed by atoms with E-state index < -0.39 is 16.8 Å². The molecule has 0 heterocycles. The highest BCUT2D eigenvalue weighted by atomic mass is 19.1. The van der Waals surface area contributed by atoms with Crippen LogP contribution < -0.4 is 10.2 Å². The zero-order valence-corrected chi connectivity index (χ0v) is 14.8. The van der Waals surface area contributed by atoms with Crippen molar-refractivity contribution in [2.24, 2.45) is 0 Å². The minimum absolute atomic E-state index is 0.0695. The molecule has 2 N–H and O–H groups in total. The Morgan fingerprint density at radius 2 is 2.00 bits per heavy atom. The van der Waals surface area contributed by atoms with Crippen molar-refractivity contribution < 1.29 is 19.2 Å². The van der Waals surface area contributed by atoms with Crippen LogP contribution in [0.4, 0.5) is 15.8 Å². The van der Waals surface area contributed by atoms with Gasteiger partial charge in [0.1, 0.15) is 11.5 Å². The van der Waals surface area contributed by atoms with Gasteiger partial charge in [-0.15, -0.1) is 0 Å². The molecular formula is C19H20FN3O4. The summed E-state index contributed by atoms with van der Waals surface area (Å²) in [5, 5.41) is 24.6. The van der Waals surface area contributed by atoms with Crippen LogP contribution in [0.2, 0.25) is 0 Å². The summed E-state index contributed by atoms with van der Waals surface area (Å²) in [6, 6.07) is 9.85. The Morgan fingerprint density at radius 3 is 2.59 bits per heavy atom. The number of hydrogen-bond acceptors (Lipinski definition) is 5. The van der Waals surface area contributed by atoms with Crippen LogP contribution in [0.15, 0.2) is 42.5 Å². The predicted molar refractivity (Wildman–Crippen MR) is 98.2 cm³/mol. The molecule has 0 spiro atoms. The topological polar surface area (TPSA) is 95.7 Å². The number of carbonyl (C=O) groups is 1. The van der Waals surface area contributed by atoms with Crippen LogP contribution in [0.3, 0.4) is 0 Å². The maximum Gasteiger partial charge on any atom is 0.293 e. The second-order valence-electron chi connectivity index (χ2n) is 6.66. The van der Waals surface area contributed by atoms with Gasteiger partial charge in [-0.3, -0.25) is 14.9 Å². The van der Waals surface area contributed by atoms with Gasteiger partial charge in [0, 0.05) is 31.3 Å². The minimum Gasteiger partial charge on any atom is -0.387 e. The van der Waals surface area contributed by atoms with E-state index in [0.29, 0.717) is 5.56 Å². The SMILES string of the molecule is CN(CC(O)c1ccc(F)cc1)c1ccc(C(=O)NC2CC2)cc1[N+](=O)[O-]. The lowest BCUT2D eigenvalue weighted by Crippen LogP contribution is -2.27. The first kappa shape index (κ1) is 18.8. The number of nitrogens with one attached hydrogen (secondary N) is 1. The molecule has 0 saturated heterocycles. The van der Waals surface area contributed by atoms with Gasteiger partial charge < -0.3 is 15.3 Å². The van der Waals surface area contributed by atoms with Crippen LogP contribution in [0.5, 0.6) is 0 Å². The van der Waals surface area contributed by atoms with Gasteiger partial charge in [-0.1, -0.05) is 12.1 Å². The first-order valence-electron chi connectivity index (χ1n) is 8.59. The molecule has 1 amide bonds. The van der Waals surface area contributed by atoms with Crippen molar-refractivity contribution >= 4 is 17.3 Å². The molecule has 0 radical (unpaired) electrons. The van der Waals surface area contributed by atoms with E-state index >= 15 is 0 Å². The highest BCUT2D eigenvalue weighted by Gasteiger charge is 2.26. The number of carbonyl (C=O) groups excluding carboxylic acids is 1. The molecule has 1 aliphatic carbocycles. The Hall–Kier alpha value is -3.00. The monoisotopic (exact) mass is 373 g/mol. The number of benzene rings is 2. The lowest BCUT2D eigenvalue weighted by Gasteiger charge is -2.23. The summed E-state index contributed by atoms with van der Waals surface area (Å²) in [7, 11) is 1.61. The van der Waals surface area contributed by atoms with E-state index in [1.165, 1.54) is 47.4 Å². The Kier molecular flexibility index (Phi) is 5.36. The van der Waals surface area contributed by atoms with Crippen molar-refractivity contribution in [1.82, 2.24) is 5.32 Å². The maximum absolute atomic E-state index is 13.0. The fraction of sp³-hybridized carbons (Fsp3) is 0.316. The van der Waals surface area contributed by atoms with Gasteiger partial charge in [0.25, 0.3) is 11.6 Å². The zero-order valence-electron chi connectivity index (χ0n) is 14.8. The molecule has 1 aliphatic rings. The summed E-state index contributed by atoms with van der Waals surface area (Å²) in [5.41, 5.74) is 0.799. The van der Waals surface area contributed by atoms with E-state index in [1.54, 1.807) is 7.05 Å². The second-order valence-corrected chi connectivity index (χ2v) is 6.66. The minimum atomic E-state index is -0.951. The number of aliphatic hydroxyl groups excluding tert-OH is 1. The molecule has 2 aromatic carbocycles. The predicted octanol–water partition coefficient (Wildman–Crippen LogP) is 2.80. The first-order valence-corrected chi connectivity index (χ1v) is 8.59. The molecule has 2 aromatic rings. The average Bonchev–Trinajstić information content (AvgIpc) is 3.45. The molecular weight excluding hydrogens is 353 g/mol. The van der Waals surface area contributed by atoms with Gasteiger partial charge in [-0.2, -0.15) is 0 Å². The average molecular weight is 373 g/mol. The Balaban J connectivity index is 1.78. The smallest absolute Gasteiger partial charge is 0.293 e. The number of aliphatic hydroxyl groups is 1. The van der Waals surface area contributed by atoms with Crippen LogP contribution in [0.1, 0.15) is 34.9 Å². The van der Waals surface area contributed by atoms with Gasteiger partial charge in [0.15, 0.2) is 0 Å². The third-order valence-corrected chi connectivity index (χ3v) is 4.46. The Labute approximate surface area is 155 Å². The summed E-state index contributed by atoms with van der Waals surface area (Å²) in [4.78, 5) is 24.6. The van der Waals surface area contributed by atoms with Crippen LogP contribution in [-0.2, 0) is 0 Å². The maximum atomic E-state index is 13.0. The first-order chi connectivity index (χ1) is 12.8. The van der Waals surface area contributed by atoms with Gasteiger partial charge in [-0.05, 0) is 42.7 Å². The number of nitro benzene ring substituents is 1. The molecule has 3 rings (SSSR count). The third kappa shape index (κ3) is 4.59. The van der Waals surface area contributed by atoms with Gasteiger partial charge in [0.2, 0.25) is 0 Å². The summed E-state index contributed by atoms with van der Waals surface area (Å²) < 4.78 is 13.0. The fourth-order valence-corrected chi connectivity index (χ4v) is 2.78. The molecule has 0 aromatic heterocycles. The number of rotatable bonds is 7. The van der Waals surface area contributed by atoms with Crippen molar-refractivity contribution in [3.8, 4) is 0 Å². The molecule has 0 aliphatic heterocycles. The van der Waals surface area contributed by atoms with Gasteiger partial charge in [0.05, 0.1) is 11.0 Å². The van der Waals surface area contributed by atoms with Crippen molar-refractivity contribution in [1.29, 1.82) is 0 Å². The van der Waals surface area contributed by atoms with Crippen molar-refractivity contribution in [3.63, 3.8) is 0 Å². The van der Waals surface area contributed by atoms with E-state index in [0.717, 1.165) is 12.8 Å². The zero-order chi connectivity index (χ0) is 19.6.